The largest absolute Gasteiger partial charge is 0.478 e. The zero-order valence-corrected chi connectivity index (χ0v) is 8.56. The summed E-state index contributed by atoms with van der Waals surface area (Å²) in [5.74, 6) is 3.44. The number of pyridine rings is 1. The Labute approximate surface area is 92.1 Å². The topological polar surface area (TPSA) is 76.5 Å². The van der Waals surface area contributed by atoms with Gasteiger partial charge in [-0.25, -0.2) is 9.78 Å². The third-order valence-electron chi connectivity index (χ3n) is 1.71. The van der Waals surface area contributed by atoms with Gasteiger partial charge in [0.15, 0.2) is 0 Å². The number of methoxy groups -OCH3 is 1. The standard InChI is InChI=1S/C11H9NO4/c1-16-10(13)6-2-5-9-8(11(14)15)4-3-7-12-9/h3-4,7H,6H2,1H3,(H,14,15). The molecule has 0 amide bonds. The summed E-state index contributed by atoms with van der Waals surface area (Å²) in [6.45, 7) is 0. The van der Waals surface area contributed by atoms with Gasteiger partial charge in [-0.3, -0.25) is 4.79 Å². The number of hydrogen-bond donors (Lipinski definition) is 1. The van der Waals surface area contributed by atoms with Crippen molar-refractivity contribution < 1.29 is 19.4 Å². The Kier molecular flexibility index (Phi) is 4.04. The molecule has 0 aliphatic rings. The molecule has 0 radical (unpaired) electrons. The average molecular weight is 219 g/mol. The van der Waals surface area contributed by atoms with Crippen LogP contribution in [0.3, 0.4) is 0 Å². The lowest BCUT2D eigenvalue weighted by molar-refractivity contribution is -0.139. The number of aromatic nitrogens is 1. The minimum Gasteiger partial charge on any atom is -0.478 e. The summed E-state index contributed by atoms with van der Waals surface area (Å²) in [6.07, 6.45) is 1.35. The molecule has 1 N–H and O–H groups in total. The van der Waals surface area contributed by atoms with E-state index in [0.29, 0.717) is 0 Å². The summed E-state index contributed by atoms with van der Waals surface area (Å²) >= 11 is 0. The van der Waals surface area contributed by atoms with Gasteiger partial charge in [0.25, 0.3) is 0 Å². The van der Waals surface area contributed by atoms with Crippen molar-refractivity contribution in [2.24, 2.45) is 0 Å². The van der Waals surface area contributed by atoms with E-state index in [9.17, 15) is 9.59 Å². The van der Waals surface area contributed by atoms with Gasteiger partial charge in [0.1, 0.15) is 12.1 Å². The summed E-state index contributed by atoms with van der Waals surface area (Å²) in [7, 11) is 1.26. The van der Waals surface area contributed by atoms with E-state index in [1.54, 1.807) is 0 Å². The molecule has 1 aromatic heterocycles. The van der Waals surface area contributed by atoms with E-state index in [1.807, 2.05) is 0 Å². The van der Waals surface area contributed by atoms with Crippen molar-refractivity contribution >= 4 is 11.9 Å². The average Bonchev–Trinajstić information content (AvgIpc) is 2.29. The molecule has 1 heterocycles. The molecule has 0 unspecified atom stereocenters. The number of carboxylic acids is 1. The fourth-order valence-corrected chi connectivity index (χ4v) is 0.950. The van der Waals surface area contributed by atoms with Gasteiger partial charge >= 0.3 is 11.9 Å². The van der Waals surface area contributed by atoms with Crippen LogP contribution < -0.4 is 0 Å². The molecule has 5 nitrogen and oxygen atoms in total. The van der Waals surface area contributed by atoms with Crippen LogP contribution in [0.1, 0.15) is 22.5 Å². The van der Waals surface area contributed by atoms with E-state index in [-0.39, 0.29) is 17.7 Å². The quantitative estimate of drug-likeness (QED) is 0.585. The van der Waals surface area contributed by atoms with Gasteiger partial charge < -0.3 is 9.84 Å². The molecular formula is C11H9NO4. The number of nitrogens with zero attached hydrogens (tertiary/aromatic N) is 1. The number of carboxylic acid groups (broad SMARTS) is 1. The Balaban J connectivity index is 2.88. The lowest BCUT2D eigenvalue weighted by atomic mass is 10.2. The van der Waals surface area contributed by atoms with E-state index in [0.717, 1.165) is 0 Å². The lowest BCUT2D eigenvalue weighted by Crippen LogP contribution is -2.02. The normalized spacial score (nSPS) is 8.81. The van der Waals surface area contributed by atoms with Crippen molar-refractivity contribution in [3.05, 3.63) is 29.6 Å². The predicted octanol–water partition coefficient (Wildman–Crippen LogP) is 0.694. The Morgan fingerprint density at radius 1 is 1.56 bits per heavy atom. The number of rotatable bonds is 2. The van der Waals surface area contributed by atoms with Crippen LogP contribution in [-0.4, -0.2) is 29.1 Å². The maximum absolute atomic E-state index is 10.8. The highest BCUT2D eigenvalue weighted by atomic mass is 16.5. The zero-order valence-electron chi connectivity index (χ0n) is 8.56. The van der Waals surface area contributed by atoms with Crippen molar-refractivity contribution in [3.8, 4) is 11.8 Å². The van der Waals surface area contributed by atoms with Crippen molar-refractivity contribution in [1.82, 2.24) is 4.98 Å². The maximum Gasteiger partial charge on any atom is 0.338 e. The lowest BCUT2D eigenvalue weighted by Gasteiger charge is -1.95. The first kappa shape index (κ1) is 11.7. The van der Waals surface area contributed by atoms with Crippen molar-refractivity contribution in [1.29, 1.82) is 0 Å². The number of carbonyl (C=O) groups excluding carboxylic acids is 1. The van der Waals surface area contributed by atoms with Crippen LogP contribution in [0.15, 0.2) is 18.3 Å². The molecule has 0 atom stereocenters. The third kappa shape index (κ3) is 3.10. The molecule has 1 rings (SSSR count). The summed E-state index contributed by atoms with van der Waals surface area (Å²) in [4.78, 5) is 25.4. The molecule has 0 spiro atoms. The first-order valence-corrected chi connectivity index (χ1v) is 4.39. The highest BCUT2D eigenvalue weighted by Crippen LogP contribution is 2.03. The Morgan fingerprint density at radius 2 is 2.31 bits per heavy atom. The molecule has 0 saturated heterocycles. The monoisotopic (exact) mass is 219 g/mol. The summed E-state index contributed by atoms with van der Waals surface area (Å²) in [5, 5.41) is 8.82. The predicted molar refractivity (Wildman–Crippen MR) is 54.7 cm³/mol. The minimum absolute atomic E-state index is 0.0138. The van der Waals surface area contributed by atoms with Crippen LogP contribution in [0.2, 0.25) is 0 Å². The molecule has 0 fully saturated rings. The number of ether oxygens (including phenoxy) is 1. The molecule has 82 valence electrons. The third-order valence-corrected chi connectivity index (χ3v) is 1.71. The Bertz CT molecular complexity index is 470. The second kappa shape index (κ2) is 5.51. The first-order valence-electron chi connectivity index (χ1n) is 4.39. The molecule has 16 heavy (non-hydrogen) atoms. The molecule has 0 aliphatic heterocycles. The molecule has 0 aromatic carbocycles. The number of esters is 1. The van der Waals surface area contributed by atoms with Crippen LogP contribution in [0.25, 0.3) is 0 Å². The smallest absolute Gasteiger partial charge is 0.338 e. The van der Waals surface area contributed by atoms with E-state index in [2.05, 4.69) is 21.6 Å². The Morgan fingerprint density at radius 3 is 2.94 bits per heavy atom. The Hall–Kier alpha value is -2.35. The number of aromatic carboxylic acids is 1. The van der Waals surface area contributed by atoms with Crippen LogP contribution in [0.5, 0.6) is 0 Å². The highest BCUT2D eigenvalue weighted by Gasteiger charge is 2.07. The maximum atomic E-state index is 10.8. The van der Waals surface area contributed by atoms with Gasteiger partial charge in [0.05, 0.1) is 12.7 Å². The summed E-state index contributed by atoms with van der Waals surface area (Å²) in [6, 6.07) is 2.91. The molecule has 0 bridgehead atoms. The molecule has 0 saturated carbocycles. The van der Waals surface area contributed by atoms with Gasteiger partial charge in [-0.1, -0.05) is 5.92 Å². The SMILES string of the molecule is COC(=O)CC#Cc1ncccc1C(=O)O. The summed E-state index contributed by atoms with van der Waals surface area (Å²) < 4.78 is 4.39. The van der Waals surface area contributed by atoms with Crippen LogP contribution in [0, 0.1) is 11.8 Å². The van der Waals surface area contributed by atoms with Gasteiger partial charge in [-0.05, 0) is 18.1 Å². The number of carbonyl (C=O) groups is 2. The molecule has 1 aromatic rings. The van der Waals surface area contributed by atoms with E-state index >= 15 is 0 Å². The minimum atomic E-state index is -1.10. The van der Waals surface area contributed by atoms with Gasteiger partial charge in [0, 0.05) is 6.20 Å². The van der Waals surface area contributed by atoms with Crippen molar-refractivity contribution in [3.63, 3.8) is 0 Å². The fraction of sp³-hybridized carbons (Fsp3) is 0.182. The van der Waals surface area contributed by atoms with Gasteiger partial charge in [-0.2, -0.15) is 0 Å². The van der Waals surface area contributed by atoms with E-state index in [4.69, 9.17) is 5.11 Å². The van der Waals surface area contributed by atoms with Gasteiger partial charge in [0.2, 0.25) is 0 Å². The zero-order chi connectivity index (χ0) is 12.0. The summed E-state index contributed by atoms with van der Waals surface area (Å²) in [5.41, 5.74) is 0.152. The highest BCUT2D eigenvalue weighted by molar-refractivity contribution is 5.90. The van der Waals surface area contributed by atoms with Crippen molar-refractivity contribution in [2.45, 2.75) is 6.42 Å². The van der Waals surface area contributed by atoms with Crippen LogP contribution >= 0.6 is 0 Å². The van der Waals surface area contributed by atoms with Crippen LogP contribution in [0.4, 0.5) is 0 Å². The van der Waals surface area contributed by atoms with Crippen LogP contribution in [-0.2, 0) is 9.53 Å². The van der Waals surface area contributed by atoms with Crippen molar-refractivity contribution in [2.75, 3.05) is 7.11 Å². The van der Waals surface area contributed by atoms with E-state index in [1.165, 1.54) is 25.4 Å². The first-order chi connectivity index (χ1) is 7.65. The number of hydrogen-bond acceptors (Lipinski definition) is 4. The second-order valence-corrected chi connectivity index (χ2v) is 2.76. The van der Waals surface area contributed by atoms with E-state index < -0.39 is 11.9 Å². The van der Waals surface area contributed by atoms with Gasteiger partial charge in [-0.15, -0.1) is 0 Å². The molecule has 0 aliphatic carbocycles. The fourth-order valence-electron chi connectivity index (χ4n) is 0.950. The second-order valence-electron chi connectivity index (χ2n) is 2.76. The molecular weight excluding hydrogens is 210 g/mol. The molecule has 5 heteroatoms.